The fourth-order valence-corrected chi connectivity index (χ4v) is 2.98. The van der Waals surface area contributed by atoms with Crippen LogP contribution in [0, 0.1) is 5.92 Å². The van der Waals surface area contributed by atoms with E-state index in [4.69, 9.17) is 0 Å². The zero-order valence-electron chi connectivity index (χ0n) is 11.7. The zero-order chi connectivity index (χ0) is 13.8. The summed E-state index contributed by atoms with van der Waals surface area (Å²) in [5.41, 5.74) is 0.738. The second-order valence-corrected chi connectivity index (χ2v) is 6.20. The van der Waals surface area contributed by atoms with Crippen LogP contribution in [0.3, 0.4) is 0 Å². The summed E-state index contributed by atoms with van der Waals surface area (Å²) in [4.78, 5) is 14.5. The van der Waals surface area contributed by atoms with Crippen LogP contribution < -0.4 is 5.32 Å². The van der Waals surface area contributed by atoms with Crippen LogP contribution in [0.2, 0.25) is 0 Å². The molecule has 106 valence electrons. The minimum atomic E-state index is 0.0338. The van der Waals surface area contributed by atoms with Crippen molar-refractivity contribution in [2.75, 3.05) is 26.7 Å². The third kappa shape index (κ3) is 3.83. The number of piperidine rings is 1. The molecule has 1 amide bonds. The smallest absolute Gasteiger partial charge is 0.267 e. The van der Waals surface area contributed by atoms with E-state index in [0.29, 0.717) is 5.92 Å². The Morgan fingerprint density at radius 2 is 2.16 bits per heavy atom. The minimum Gasteiger partial charge on any atom is -0.350 e. The Balaban J connectivity index is 1.87. The molecule has 0 aromatic carbocycles. The fourth-order valence-electron chi connectivity index (χ4n) is 2.52. The Kier molecular flexibility index (Phi) is 5.05. The van der Waals surface area contributed by atoms with E-state index in [1.54, 1.807) is 0 Å². The van der Waals surface area contributed by atoms with Gasteiger partial charge in [0.05, 0.1) is 0 Å². The van der Waals surface area contributed by atoms with Crippen molar-refractivity contribution in [2.45, 2.75) is 26.3 Å². The molecular weight excluding hydrogens is 306 g/mol. The summed E-state index contributed by atoms with van der Waals surface area (Å²) in [6.07, 6.45) is 4.30. The molecule has 0 saturated carbocycles. The number of halogens is 1. The topological polar surface area (TPSA) is 37.3 Å². The van der Waals surface area contributed by atoms with Gasteiger partial charge in [0.15, 0.2) is 0 Å². The molecule has 1 saturated heterocycles. The molecule has 1 fully saturated rings. The van der Waals surface area contributed by atoms with Gasteiger partial charge in [0.1, 0.15) is 5.69 Å². The number of nitrogens with zero attached hydrogens (tertiary/aromatic N) is 2. The summed E-state index contributed by atoms with van der Waals surface area (Å²) < 4.78 is 2.92. The van der Waals surface area contributed by atoms with Gasteiger partial charge < -0.3 is 14.8 Å². The first-order chi connectivity index (χ1) is 9.10. The van der Waals surface area contributed by atoms with Crippen molar-refractivity contribution >= 4 is 21.8 Å². The van der Waals surface area contributed by atoms with Crippen LogP contribution in [0.4, 0.5) is 0 Å². The van der Waals surface area contributed by atoms with Crippen molar-refractivity contribution in [1.82, 2.24) is 14.8 Å². The lowest BCUT2D eigenvalue weighted by molar-refractivity contribution is 0.0930. The molecule has 1 aliphatic rings. The molecule has 0 spiro atoms. The number of likely N-dealkylation sites (tertiary alicyclic amines) is 1. The number of aryl methyl sites for hydroxylation is 1. The van der Waals surface area contributed by atoms with Crippen molar-refractivity contribution in [2.24, 2.45) is 5.92 Å². The highest BCUT2D eigenvalue weighted by Crippen LogP contribution is 2.17. The molecule has 0 aliphatic carbocycles. The SMILES string of the molecule is CCn1cc(Br)cc1C(=O)NCC1CCN(C)CC1. The van der Waals surface area contributed by atoms with E-state index < -0.39 is 0 Å². The highest BCUT2D eigenvalue weighted by atomic mass is 79.9. The van der Waals surface area contributed by atoms with Gasteiger partial charge in [-0.3, -0.25) is 4.79 Å². The summed E-state index contributed by atoms with van der Waals surface area (Å²) in [7, 11) is 2.15. The van der Waals surface area contributed by atoms with E-state index >= 15 is 0 Å². The minimum absolute atomic E-state index is 0.0338. The van der Waals surface area contributed by atoms with Crippen LogP contribution in [0.1, 0.15) is 30.3 Å². The summed E-state index contributed by atoms with van der Waals surface area (Å²) in [5, 5.41) is 3.07. The van der Waals surface area contributed by atoms with Gasteiger partial charge >= 0.3 is 0 Å². The average molecular weight is 328 g/mol. The van der Waals surface area contributed by atoms with Crippen molar-refractivity contribution in [1.29, 1.82) is 0 Å². The third-order valence-electron chi connectivity index (χ3n) is 3.83. The lowest BCUT2D eigenvalue weighted by Gasteiger charge is -2.28. The van der Waals surface area contributed by atoms with Gasteiger partial charge in [0.25, 0.3) is 5.91 Å². The lowest BCUT2D eigenvalue weighted by Crippen LogP contribution is -2.37. The van der Waals surface area contributed by atoms with Gasteiger partial charge in [-0.25, -0.2) is 0 Å². The molecule has 1 aromatic heterocycles. The molecular formula is C14H22BrN3O. The molecule has 0 radical (unpaired) electrons. The molecule has 4 nitrogen and oxygen atoms in total. The van der Waals surface area contributed by atoms with Crippen LogP contribution in [0.15, 0.2) is 16.7 Å². The Hall–Kier alpha value is -0.810. The standard InChI is InChI=1S/C14H22BrN3O/c1-3-18-10-12(15)8-13(18)14(19)16-9-11-4-6-17(2)7-5-11/h8,10-11H,3-7,9H2,1-2H3,(H,16,19). The van der Waals surface area contributed by atoms with Crippen molar-refractivity contribution in [3.8, 4) is 0 Å². The number of amides is 1. The molecule has 2 rings (SSSR count). The molecule has 5 heteroatoms. The Morgan fingerprint density at radius 3 is 2.79 bits per heavy atom. The van der Waals surface area contributed by atoms with Crippen molar-refractivity contribution in [3.05, 3.63) is 22.4 Å². The quantitative estimate of drug-likeness (QED) is 0.921. The molecule has 1 aromatic rings. The number of hydrogen-bond donors (Lipinski definition) is 1. The Morgan fingerprint density at radius 1 is 1.47 bits per heavy atom. The second kappa shape index (κ2) is 6.57. The van der Waals surface area contributed by atoms with E-state index in [9.17, 15) is 4.79 Å². The van der Waals surface area contributed by atoms with Gasteiger partial charge in [-0.15, -0.1) is 0 Å². The number of aromatic nitrogens is 1. The molecule has 19 heavy (non-hydrogen) atoms. The van der Waals surface area contributed by atoms with Crippen LogP contribution in [-0.2, 0) is 6.54 Å². The number of nitrogens with one attached hydrogen (secondary N) is 1. The molecule has 0 atom stereocenters. The summed E-state index contributed by atoms with van der Waals surface area (Å²) in [5.74, 6) is 0.653. The van der Waals surface area contributed by atoms with E-state index in [-0.39, 0.29) is 5.91 Å². The lowest BCUT2D eigenvalue weighted by atomic mass is 9.97. The van der Waals surface area contributed by atoms with Crippen LogP contribution >= 0.6 is 15.9 Å². The number of carbonyl (C=O) groups is 1. The number of carbonyl (C=O) groups excluding carboxylic acids is 1. The number of rotatable bonds is 4. The molecule has 1 aliphatic heterocycles. The highest BCUT2D eigenvalue weighted by molar-refractivity contribution is 9.10. The van der Waals surface area contributed by atoms with Crippen molar-refractivity contribution < 1.29 is 4.79 Å². The third-order valence-corrected chi connectivity index (χ3v) is 4.26. The van der Waals surface area contributed by atoms with Gasteiger partial charge in [-0.1, -0.05) is 0 Å². The van der Waals surface area contributed by atoms with Crippen LogP contribution in [-0.4, -0.2) is 42.1 Å². The molecule has 2 heterocycles. The van der Waals surface area contributed by atoms with E-state index in [1.165, 1.54) is 12.8 Å². The van der Waals surface area contributed by atoms with Gasteiger partial charge in [0, 0.05) is 23.8 Å². The highest BCUT2D eigenvalue weighted by Gasteiger charge is 2.18. The maximum atomic E-state index is 12.2. The molecule has 0 bridgehead atoms. The summed E-state index contributed by atoms with van der Waals surface area (Å²) in [6, 6.07) is 1.88. The first kappa shape index (κ1) is 14.6. The van der Waals surface area contributed by atoms with Gasteiger partial charge in [-0.2, -0.15) is 0 Å². The van der Waals surface area contributed by atoms with E-state index in [2.05, 4.69) is 33.2 Å². The molecule has 1 N–H and O–H groups in total. The molecule has 0 unspecified atom stereocenters. The second-order valence-electron chi connectivity index (χ2n) is 5.29. The maximum absolute atomic E-state index is 12.2. The Labute approximate surface area is 123 Å². The predicted molar refractivity (Wildman–Crippen MR) is 80.4 cm³/mol. The first-order valence-electron chi connectivity index (χ1n) is 6.92. The first-order valence-corrected chi connectivity index (χ1v) is 7.72. The average Bonchev–Trinajstić information content (AvgIpc) is 2.79. The van der Waals surface area contributed by atoms with E-state index in [1.807, 2.05) is 23.8 Å². The maximum Gasteiger partial charge on any atom is 0.267 e. The zero-order valence-corrected chi connectivity index (χ0v) is 13.2. The monoisotopic (exact) mass is 327 g/mol. The van der Waals surface area contributed by atoms with Crippen molar-refractivity contribution in [3.63, 3.8) is 0 Å². The van der Waals surface area contributed by atoms with E-state index in [0.717, 1.165) is 36.3 Å². The van der Waals surface area contributed by atoms with Gasteiger partial charge in [-0.05, 0) is 67.8 Å². The van der Waals surface area contributed by atoms with Crippen LogP contribution in [0.25, 0.3) is 0 Å². The normalized spacial score (nSPS) is 17.6. The number of hydrogen-bond acceptors (Lipinski definition) is 2. The Bertz CT molecular complexity index is 436. The van der Waals surface area contributed by atoms with Crippen LogP contribution in [0.5, 0.6) is 0 Å². The fraction of sp³-hybridized carbons (Fsp3) is 0.643. The summed E-state index contributed by atoms with van der Waals surface area (Å²) >= 11 is 3.42. The van der Waals surface area contributed by atoms with Gasteiger partial charge in [0.2, 0.25) is 0 Å². The predicted octanol–water partition coefficient (Wildman–Crippen LogP) is 2.34. The summed E-state index contributed by atoms with van der Waals surface area (Å²) in [6.45, 7) is 5.91. The largest absolute Gasteiger partial charge is 0.350 e.